The van der Waals surface area contributed by atoms with Gasteiger partial charge in [-0.25, -0.2) is 8.42 Å². The first kappa shape index (κ1) is 33.6. The number of ether oxygens (including phenoxy) is 1. The number of benzene rings is 4. The second-order valence-corrected chi connectivity index (χ2v) is 13.0. The predicted molar refractivity (Wildman–Crippen MR) is 179 cm³/mol. The molecule has 0 bridgehead atoms. The molecular formula is C35H38ClN3O5S. The van der Waals surface area contributed by atoms with Gasteiger partial charge in [0.05, 0.1) is 11.9 Å². The Labute approximate surface area is 270 Å². The predicted octanol–water partition coefficient (Wildman–Crippen LogP) is 5.85. The fourth-order valence-electron chi connectivity index (χ4n) is 4.79. The van der Waals surface area contributed by atoms with E-state index in [1.54, 1.807) is 48.5 Å². The van der Waals surface area contributed by atoms with Crippen molar-refractivity contribution in [1.82, 2.24) is 10.2 Å². The minimum Gasteiger partial charge on any atom is -0.489 e. The summed E-state index contributed by atoms with van der Waals surface area (Å²) in [5.41, 5.74) is 2.79. The van der Waals surface area contributed by atoms with Gasteiger partial charge in [0.1, 0.15) is 24.9 Å². The Balaban J connectivity index is 1.64. The van der Waals surface area contributed by atoms with Crippen molar-refractivity contribution >= 4 is 39.1 Å². The number of carbonyl (C=O) groups is 2. The summed E-state index contributed by atoms with van der Waals surface area (Å²) in [6.07, 6.45) is 2.00. The number of nitrogens with one attached hydrogen (secondary N) is 1. The van der Waals surface area contributed by atoms with Crippen molar-refractivity contribution < 1.29 is 22.7 Å². The van der Waals surface area contributed by atoms with Gasteiger partial charge >= 0.3 is 0 Å². The summed E-state index contributed by atoms with van der Waals surface area (Å²) >= 11 is 6.50. The summed E-state index contributed by atoms with van der Waals surface area (Å²) in [6.45, 7) is 2.24. The fraction of sp³-hybridized carbons (Fsp3) is 0.257. The molecule has 4 aromatic carbocycles. The second kappa shape index (κ2) is 16.1. The topological polar surface area (TPSA) is 96.0 Å². The van der Waals surface area contributed by atoms with E-state index in [2.05, 4.69) is 5.32 Å². The van der Waals surface area contributed by atoms with Crippen molar-refractivity contribution in [2.75, 3.05) is 23.7 Å². The van der Waals surface area contributed by atoms with Gasteiger partial charge in [0, 0.05) is 24.5 Å². The molecule has 8 nitrogen and oxygen atoms in total. The third kappa shape index (κ3) is 9.83. The zero-order chi connectivity index (χ0) is 32.2. The Kier molecular flexibility index (Phi) is 12.0. The molecule has 0 heterocycles. The SMILES string of the molecule is CCCNC(=O)[C@H](Cc1ccccc1)N(Cc1ccccc1Cl)C(=O)CN(c1ccc(OCc2ccccc2)cc1)S(C)(=O)=O. The number of hydrogen-bond donors (Lipinski definition) is 1. The standard InChI is InChI=1S/C35H38ClN3O5S/c1-3-22-37-35(41)33(23-27-12-6-4-7-13-27)38(24-29-16-10-11-17-32(29)36)34(40)25-39(45(2,42)43)30-18-20-31(21-19-30)44-26-28-14-8-5-9-15-28/h4-21,33H,3,22-26H2,1-2H3,(H,37,41)/t33-/m0/s1. The maximum absolute atomic E-state index is 14.2. The molecule has 0 aliphatic heterocycles. The number of carbonyl (C=O) groups excluding carboxylic acids is 2. The van der Waals surface area contributed by atoms with Gasteiger partial charge in [-0.15, -0.1) is 0 Å². The zero-order valence-electron chi connectivity index (χ0n) is 25.4. The molecule has 0 aliphatic rings. The maximum atomic E-state index is 14.2. The molecule has 0 spiro atoms. The minimum atomic E-state index is -3.90. The smallest absolute Gasteiger partial charge is 0.244 e. The van der Waals surface area contributed by atoms with Crippen LogP contribution in [0.5, 0.6) is 5.75 Å². The molecule has 4 rings (SSSR count). The molecule has 0 unspecified atom stereocenters. The van der Waals surface area contributed by atoms with Crippen molar-refractivity contribution in [2.24, 2.45) is 0 Å². The summed E-state index contributed by atoms with van der Waals surface area (Å²) in [4.78, 5) is 29.2. The molecule has 0 saturated carbocycles. The number of halogens is 1. The highest BCUT2D eigenvalue weighted by Gasteiger charge is 2.33. The molecule has 2 amide bonds. The van der Waals surface area contributed by atoms with Crippen LogP contribution in [0.15, 0.2) is 109 Å². The van der Waals surface area contributed by atoms with Crippen LogP contribution in [-0.2, 0) is 39.2 Å². The lowest BCUT2D eigenvalue weighted by atomic mass is 10.0. The monoisotopic (exact) mass is 647 g/mol. The molecule has 0 saturated heterocycles. The van der Waals surface area contributed by atoms with Crippen molar-refractivity contribution in [1.29, 1.82) is 0 Å². The van der Waals surface area contributed by atoms with Crippen LogP contribution in [0.3, 0.4) is 0 Å². The van der Waals surface area contributed by atoms with E-state index in [0.717, 1.165) is 28.1 Å². The Bertz CT molecular complexity index is 1650. The molecule has 4 aromatic rings. The average Bonchev–Trinajstić information content (AvgIpc) is 3.04. The van der Waals surface area contributed by atoms with Gasteiger partial charge in [-0.2, -0.15) is 0 Å². The Morgan fingerprint density at radius 2 is 1.44 bits per heavy atom. The van der Waals surface area contributed by atoms with Gasteiger partial charge in [-0.05, 0) is 53.4 Å². The van der Waals surface area contributed by atoms with Gasteiger partial charge < -0.3 is 15.0 Å². The van der Waals surface area contributed by atoms with Crippen LogP contribution in [0.4, 0.5) is 5.69 Å². The number of rotatable bonds is 15. The van der Waals surface area contributed by atoms with Gasteiger partial charge in [-0.3, -0.25) is 13.9 Å². The summed E-state index contributed by atoms with van der Waals surface area (Å²) in [7, 11) is -3.90. The molecule has 45 heavy (non-hydrogen) atoms. The first-order valence-electron chi connectivity index (χ1n) is 14.7. The molecule has 1 atom stereocenters. The van der Waals surface area contributed by atoms with Crippen LogP contribution < -0.4 is 14.4 Å². The third-order valence-corrected chi connectivity index (χ3v) is 8.68. The van der Waals surface area contributed by atoms with Crippen molar-refractivity contribution in [3.05, 3.63) is 131 Å². The minimum absolute atomic E-state index is 0.0133. The van der Waals surface area contributed by atoms with Crippen LogP contribution in [0.25, 0.3) is 0 Å². The van der Waals surface area contributed by atoms with Crippen molar-refractivity contribution in [3.8, 4) is 5.75 Å². The van der Waals surface area contributed by atoms with Gasteiger partial charge in [0.15, 0.2) is 0 Å². The molecule has 10 heteroatoms. The van der Waals surface area contributed by atoms with E-state index in [1.807, 2.05) is 67.6 Å². The van der Waals surface area contributed by atoms with E-state index in [0.29, 0.717) is 35.2 Å². The van der Waals surface area contributed by atoms with E-state index in [9.17, 15) is 18.0 Å². The number of sulfonamides is 1. The summed E-state index contributed by atoms with van der Waals surface area (Å²) in [5, 5.41) is 3.36. The van der Waals surface area contributed by atoms with Crippen LogP contribution in [0.1, 0.15) is 30.0 Å². The van der Waals surface area contributed by atoms with E-state index < -0.39 is 28.5 Å². The maximum Gasteiger partial charge on any atom is 0.244 e. The molecule has 0 aromatic heterocycles. The molecule has 236 valence electrons. The van der Waals surface area contributed by atoms with E-state index in [1.165, 1.54) is 4.90 Å². The van der Waals surface area contributed by atoms with E-state index in [-0.39, 0.29) is 18.9 Å². The van der Waals surface area contributed by atoms with Crippen molar-refractivity contribution in [2.45, 2.75) is 39.0 Å². The average molecular weight is 648 g/mol. The largest absolute Gasteiger partial charge is 0.489 e. The van der Waals surface area contributed by atoms with Crippen LogP contribution in [0, 0.1) is 0 Å². The number of nitrogens with zero attached hydrogens (tertiary/aromatic N) is 2. The first-order chi connectivity index (χ1) is 21.7. The summed E-state index contributed by atoms with van der Waals surface area (Å²) in [5.74, 6) is -0.317. The summed E-state index contributed by atoms with van der Waals surface area (Å²) in [6, 6.07) is 31.8. The highest BCUT2D eigenvalue weighted by Crippen LogP contribution is 2.25. The van der Waals surface area contributed by atoms with Crippen LogP contribution >= 0.6 is 11.6 Å². The molecule has 0 radical (unpaired) electrons. The Morgan fingerprint density at radius 1 is 0.844 bits per heavy atom. The normalized spacial score (nSPS) is 11.8. The Hall–Kier alpha value is -4.34. The van der Waals surface area contributed by atoms with Crippen LogP contribution in [-0.4, -0.2) is 50.5 Å². The number of anilines is 1. The third-order valence-electron chi connectivity index (χ3n) is 7.17. The second-order valence-electron chi connectivity index (χ2n) is 10.6. The summed E-state index contributed by atoms with van der Waals surface area (Å²) < 4.78 is 33.0. The quantitative estimate of drug-likeness (QED) is 0.175. The van der Waals surface area contributed by atoms with Gasteiger partial charge in [0.2, 0.25) is 21.8 Å². The van der Waals surface area contributed by atoms with E-state index >= 15 is 0 Å². The molecule has 0 fully saturated rings. The molecule has 1 N–H and O–H groups in total. The number of hydrogen-bond acceptors (Lipinski definition) is 5. The highest BCUT2D eigenvalue weighted by molar-refractivity contribution is 7.92. The highest BCUT2D eigenvalue weighted by atomic mass is 35.5. The first-order valence-corrected chi connectivity index (χ1v) is 17.0. The number of amides is 2. The zero-order valence-corrected chi connectivity index (χ0v) is 27.0. The lowest BCUT2D eigenvalue weighted by Gasteiger charge is -2.33. The van der Waals surface area contributed by atoms with E-state index in [4.69, 9.17) is 16.3 Å². The van der Waals surface area contributed by atoms with Gasteiger partial charge in [-0.1, -0.05) is 97.4 Å². The molecular weight excluding hydrogens is 610 g/mol. The lowest BCUT2D eigenvalue weighted by Crippen LogP contribution is -2.53. The lowest BCUT2D eigenvalue weighted by molar-refractivity contribution is -0.140. The van der Waals surface area contributed by atoms with Crippen LogP contribution in [0.2, 0.25) is 5.02 Å². The van der Waals surface area contributed by atoms with Gasteiger partial charge in [0.25, 0.3) is 0 Å². The van der Waals surface area contributed by atoms with Crippen molar-refractivity contribution in [3.63, 3.8) is 0 Å². The molecule has 0 aliphatic carbocycles. The Morgan fingerprint density at radius 3 is 2.04 bits per heavy atom. The fourth-order valence-corrected chi connectivity index (χ4v) is 5.84.